The Kier molecular flexibility index (Phi) is 4.89. The summed E-state index contributed by atoms with van der Waals surface area (Å²) in [4.78, 5) is 38.7. The second-order valence-electron chi connectivity index (χ2n) is 5.05. The van der Waals surface area contributed by atoms with Gasteiger partial charge < -0.3 is 25.9 Å². The molecule has 0 aliphatic heterocycles. The standard InChI is InChI=1S/C15H14N6O4S/c1-25-14(24)8-4-7(2-3-9(8)22)19-10(23)5-26-13-11-12(18-6-17-11)20-15(16)21-13/h2-4,6,22H,5H2,1H3,(H,19,23)(H3,16,17,18,20,21). The molecule has 1 amide bonds. The Morgan fingerprint density at radius 2 is 2.19 bits per heavy atom. The molecule has 10 nitrogen and oxygen atoms in total. The van der Waals surface area contributed by atoms with Gasteiger partial charge in [0.15, 0.2) is 5.65 Å². The third kappa shape index (κ3) is 3.67. The van der Waals surface area contributed by atoms with Crippen molar-refractivity contribution in [3.63, 3.8) is 0 Å². The highest BCUT2D eigenvalue weighted by atomic mass is 32.2. The molecule has 2 heterocycles. The molecule has 11 heteroatoms. The zero-order valence-corrected chi connectivity index (χ0v) is 14.3. The van der Waals surface area contributed by atoms with E-state index in [1.165, 1.54) is 31.6 Å². The van der Waals surface area contributed by atoms with Crippen LogP contribution in [0.4, 0.5) is 11.6 Å². The van der Waals surface area contributed by atoms with E-state index in [0.717, 1.165) is 11.8 Å². The Labute approximate surface area is 151 Å². The quantitative estimate of drug-likeness (QED) is 0.223. The minimum Gasteiger partial charge on any atom is -0.507 e. The monoisotopic (exact) mass is 374 g/mol. The first kappa shape index (κ1) is 17.5. The molecule has 3 rings (SSSR count). The second kappa shape index (κ2) is 7.27. The van der Waals surface area contributed by atoms with Gasteiger partial charge in [0.1, 0.15) is 21.9 Å². The molecule has 5 N–H and O–H groups in total. The van der Waals surface area contributed by atoms with Crippen molar-refractivity contribution in [2.75, 3.05) is 23.9 Å². The van der Waals surface area contributed by atoms with Gasteiger partial charge in [-0.05, 0) is 18.2 Å². The summed E-state index contributed by atoms with van der Waals surface area (Å²) in [6.45, 7) is 0. The van der Waals surface area contributed by atoms with Crippen molar-refractivity contribution < 1.29 is 19.4 Å². The number of esters is 1. The molecule has 0 aliphatic rings. The van der Waals surface area contributed by atoms with Crippen LogP contribution in [0.5, 0.6) is 5.75 Å². The van der Waals surface area contributed by atoms with E-state index < -0.39 is 5.97 Å². The number of rotatable bonds is 5. The van der Waals surface area contributed by atoms with Crippen LogP contribution < -0.4 is 11.1 Å². The van der Waals surface area contributed by atoms with Crippen LogP contribution in [0, 0.1) is 0 Å². The molecule has 0 atom stereocenters. The van der Waals surface area contributed by atoms with Crippen molar-refractivity contribution in [3.8, 4) is 5.75 Å². The summed E-state index contributed by atoms with van der Waals surface area (Å²) in [5, 5.41) is 12.8. The van der Waals surface area contributed by atoms with Crippen molar-refractivity contribution in [3.05, 3.63) is 30.1 Å². The largest absolute Gasteiger partial charge is 0.507 e. The highest BCUT2D eigenvalue weighted by Crippen LogP contribution is 2.25. The van der Waals surface area contributed by atoms with Gasteiger partial charge in [-0.2, -0.15) is 4.98 Å². The number of phenolic OH excluding ortho intramolecular Hbond substituents is 1. The minimum atomic E-state index is -0.703. The van der Waals surface area contributed by atoms with Crippen LogP contribution in [-0.4, -0.2) is 49.8 Å². The number of carbonyl (C=O) groups excluding carboxylic acids is 2. The Morgan fingerprint density at radius 3 is 2.96 bits per heavy atom. The Bertz CT molecular complexity index is 989. The number of imidazole rings is 1. The van der Waals surface area contributed by atoms with Crippen LogP contribution in [0.2, 0.25) is 0 Å². The van der Waals surface area contributed by atoms with Crippen LogP contribution in [0.25, 0.3) is 11.2 Å². The number of phenols is 1. The molecule has 0 unspecified atom stereocenters. The van der Waals surface area contributed by atoms with Crippen molar-refractivity contribution in [2.24, 2.45) is 0 Å². The van der Waals surface area contributed by atoms with Crippen LogP contribution in [-0.2, 0) is 9.53 Å². The summed E-state index contributed by atoms with van der Waals surface area (Å²) in [6, 6.07) is 4.11. The zero-order valence-electron chi connectivity index (χ0n) is 13.5. The lowest BCUT2D eigenvalue weighted by Gasteiger charge is -2.08. The summed E-state index contributed by atoms with van der Waals surface area (Å²) in [5.74, 6) is -1.16. The number of hydrogen-bond donors (Lipinski definition) is 4. The zero-order chi connectivity index (χ0) is 18.7. The Balaban J connectivity index is 1.69. The van der Waals surface area contributed by atoms with Crippen LogP contribution in [0.1, 0.15) is 10.4 Å². The fourth-order valence-corrected chi connectivity index (χ4v) is 2.94. The number of fused-ring (bicyclic) bond motifs is 1. The van der Waals surface area contributed by atoms with E-state index in [9.17, 15) is 14.7 Å². The average Bonchev–Trinajstić information content (AvgIpc) is 3.09. The van der Waals surface area contributed by atoms with Crippen LogP contribution in [0.3, 0.4) is 0 Å². The SMILES string of the molecule is COC(=O)c1cc(NC(=O)CSc2nc(N)nc3nc[nH]c23)ccc1O. The molecule has 0 spiro atoms. The van der Waals surface area contributed by atoms with Gasteiger partial charge in [-0.15, -0.1) is 0 Å². The number of benzene rings is 1. The van der Waals surface area contributed by atoms with E-state index in [-0.39, 0.29) is 28.9 Å². The Hall–Kier alpha value is -3.34. The molecule has 0 aliphatic carbocycles. The van der Waals surface area contributed by atoms with Gasteiger partial charge in [-0.3, -0.25) is 4.79 Å². The van der Waals surface area contributed by atoms with Gasteiger partial charge in [0.25, 0.3) is 0 Å². The van der Waals surface area contributed by atoms with Crippen molar-refractivity contribution >= 4 is 46.4 Å². The molecule has 1 aromatic carbocycles. The highest BCUT2D eigenvalue weighted by molar-refractivity contribution is 8.00. The van der Waals surface area contributed by atoms with Gasteiger partial charge in [0.2, 0.25) is 11.9 Å². The van der Waals surface area contributed by atoms with E-state index in [2.05, 4.69) is 30.0 Å². The maximum absolute atomic E-state index is 12.2. The molecule has 0 fully saturated rings. The van der Waals surface area contributed by atoms with E-state index in [1.54, 1.807) is 0 Å². The highest BCUT2D eigenvalue weighted by Gasteiger charge is 2.15. The van der Waals surface area contributed by atoms with Gasteiger partial charge in [-0.1, -0.05) is 11.8 Å². The maximum Gasteiger partial charge on any atom is 0.341 e. The summed E-state index contributed by atoms with van der Waals surface area (Å²) >= 11 is 1.16. The number of anilines is 2. The molecule has 26 heavy (non-hydrogen) atoms. The first-order valence-corrected chi connectivity index (χ1v) is 8.27. The van der Waals surface area contributed by atoms with E-state index in [4.69, 9.17) is 5.73 Å². The molecular formula is C15H14N6O4S. The maximum atomic E-state index is 12.2. The first-order valence-electron chi connectivity index (χ1n) is 7.28. The number of nitrogens with two attached hydrogens (primary N) is 1. The number of thioether (sulfide) groups is 1. The summed E-state index contributed by atoms with van der Waals surface area (Å²) in [6.07, 6.45) is 1.47. The van der Waals surface area contributed by atoms with E-state index in [1.807, 2.05) is 0 Å². The fraction of sp³-hybridized carbons (Fsp3) is 0.133. The second-order valence-corrected chi connectivity index (χ2v) is 6.01. The summed E-state index contributed by atoms with van der Waals surface area (Å²) < 4.78 is 4.58. The van der Waals surface area contributed by atoms with Crippen molar-refractivity contribution in [1.82, 2.24) is 19.9 Å². The van der Waals surface area contributed by atoms with Crippen molar-refractivity contribution in [2.45, 2.75) is 5.03 Å². The number of nitrogen functional groups attached to an aromatic ring is 1. The smallest absolute Gasteiger partial charge is 0.341 e. The van der Waals surface area contributed by atoms with E-state index >= 15 is 0 Å². The minimum absolute atomic E-state index is 0.0407. The predicted molar refractivity (Wildman–Crippen MR) is 94.9 cm³/mol. The number of aromatic hydroxyl groups is 1. The third-order valence-electron chi connectivity index (χ3n) is 3.30. The lowest BCUT2D eigenvalue weighted by Crippen LogP contribution is -2.15. The van der Waals surface area contributed by atoms with Gasteiger partial charge in [0, 0.05) is 5.69 Å². The number of aromatic nitrogens is 4. The molecule has 0 saturated heterocycles. The van der Waals surface area contributed by atoms with E-state index in [0.29, 0.717) is 21.9 Å². The molecule has 2 aromatic heterocycles. The van der Waals surface area contributed by atoms with Gasteiger partial charge in [-0.25, -0.2) is 14.8 Å². The van der Waals surface area contributed by atoms with Gasteiger partial charge in [0.05, 0.1) is 19.2 Å². The number of H-pyrrole nitrogens is 1. The number of ether oxygens (including phenoxy) is 1. The summed E-state index contributed by atoms with van der Waals surface area (Å²) in [5.41, 5.74) is 6.95. The number of methoxy groups -OCH3 is 1. The van der Waals surface area contributed by atoms with Crippen LogP contribution in [0.15, 0.2) is 29.6 Å². The number of nitrogens with one attached hydrogen (secondary N) is 2. The molecule has 0 radical (unpaired) electrons. The van der Waals surface area contributed by atoms with Crippen LogP contribution >= 0.6 is 11.8 Å². The third-order valence-corrected chi connectivity index (χ3v) is 4.27. The molecule has 0 bridgehead atoms. The van der Waals surface area contributed by atoms with Gasteiger partial charge >= 0.3 is 5.97 Å². The summed E-state index contributed by atoms with van der Waals surface area (Å²) in [7, 11) is 1.20. The lowest BCUT2D eigenvalue weighted by atomic mass is 10.2. The first-order chi connectivity index (χ1) is 12.5. The van der Waals surface area contributed by atoms with Crippen molar-refractivity contribution in [1.29, 1.82) is 0 Å². The molecule has 0 saturated carbocycles. The molecular weight excluding hydrogens is 360 g/mol. The molecule has 3 aromatic rings. The Morgan fingerprint density at radius 1 is 1.38 bits per heavy atom. The number of hydrogen-bond acceptors (Lipinski definition) is 9. The topological polar surface area (TPSA) is 156 Å². The lowest BCUT2D eigenvalue weighted by molar-refractivity contribution is -0.113. The predicted octanol–water partition coefficient (Wildman–Crippen LogP) is 1.16. The number of aromatic amines is 1. The number of nitrogens with zero attached hydrogens (tertiary/aromatic N) is 3. The number of carbonyl (C=O) groups is 2. The average molecular weight is 374 g/mol. The number of amides is 1. The fourth-order valence-electron chi connectivity index (χ4n) is 2.15. The molecule has 134 valence electrons. The normalized spacial score (nSPS) is 10.7.